The Kier molecular flexibility index (Phi) is 6.67. The minimum atomic E-state index is -5.25. The number of carbonyl (C=O) groups is 1. The Labute approximate surface area is 181 Å². The summed E-state index contributed by atoms with van der Waals surface area (Å²) >= 11 is 5.91. The zero-order chi connectivity index (χ0) is 23.8. The summed E-state index contributed by atoms with van der Waals surface area (Å²) in [4.78, 5) is 11.2. The highest BCUT2D eigenvalue weighted by Crippen LogP contribution is 2.33. The first-order valence-corrected chi connectivity index (χ1v) is 11.9. The number of amides is 1. The van der Waals surface area contributed by atoms with Crippen molar-refractivity contribution in [3.05, 3.63) is 47.5 Å². The number of rotatable bonds is 6. The molecule has 2 aromatic rings. The molecule has 0 fully saturated rings. The Morgan fingerprint density at radius 2 is 1.52 bits per heavy atom. The summed E-state index contributed by atoms with van der Waals surface area (Å²) in [6.07, 6.45) is -4.32. The summed E-state index contributed by atoms with van der Waals surface area (Å²) in [5.74, 6) is -1.80. The molecule has 2 rings (SSSR count). The molecule has 0 spiro atoms. The van der Waals surface area contributed by atoms with E-state index >= 15 is 0 Å². The maximum Gasteiger partial charge on any atom is 0.426 e. The normalized spacial score (nSPS) is 14.5. The van der Waals surface area contributed by atoms with Crippen molar-refractivity contribution in [3.63, 3.8) is 0 Å². The number of aliphatic hydroxyl groups is 1. The number of nitrogens with one attached hydrogen (secondary N) is 2. The SMILES string of the molecule is C[C@@](O)(C(=O)Nc1ccc(S(=O)(=O)c2ccc(NS(C)(=O)=O)cc2)cc1Cl)C(F)(F)F. The fourth-order valence-electron chi connectivity index (χ4n) is 2.19. The smallest absolute Gasteiger partial charge is 0.373 e. The van der Waals surface area contributed by atoms with Crippen LogP contribution in [0.1, 0.15) is 6.92 Å². The zero-order valence-electron chi connectivity index (χ0n) is 15.9. The first kappa shape index (κ1) is 24.9. The van der Waals surface area contributed by atoms with Crippen molar-refractivity contribution in [2.24, 2.45) is 0 Å². The van der Waals surface area contributed by atoms with E-state index in [2.05, 4.69) is 4.72 Å². The first-order chi connectivity index (χ1) is 13.9. The molecular formula is C17H16ClF3N2O6S2. The molecular weight excluding hydrogens is 485 g/mol. The highest BCUT2D eigenvalue weighted by atomic mass is 35.5. The highest BCUT2D eigenvalue weighted by molar-refractivity contribution is 7.92. The van der Waals surface area contributed by atoms with E-state index in [1.54, 1.807) is 5.32 Å². The fraction of sp³-hybridized carbons (Fsp3) is 0.235. The molecule has 0 bridgehead atoms. The summed E-state index contributed by atoms with van der Waals surface area (Å²) in [7, 11) is -7.68. The lowest BCUT2D eigenvalue weighted by Gasteiger charge is -2.25. The van der Waals surface area contributed by atoms with Gasteiger partial charge in [0.15, 0.2) is 0 Å². The molecule has 1 amide bonds. The molecule has 0 unspecified atom stereocenters. The molecule has 170 valence electrons. The summed E-state index contributed by atoms with van der Waals surface area (Å²) < 4.78 is 88.3. The van der Waals surface area contributed by atoms with Crippen molar-refractivity contribution in [2.45, 2.75) is 28.5 Å². The van der Waals surface area contributed by atoms with Crippen molar-refractivity contribution < 1.29 is 39.9 Å². The molecule has 0 radical (unpaired) electrons. The Morgan fingerprint density at radius 1 is 1.00 bits per heavy atom. The third-order valence-corrected chi connectivity index (χ3v) is 6.65. The van der Waals surface area contributed by atoms with Gasteiger partial charge in [-0.05, 0) is 49.4 Å². The second-order valence-corrected chi connectivity index (χ2v) is 10.7. The van der Waals surface area contributed by atoms with Crippen LogP contribution in [0.4, 0.5) is 24.5 Å². The summed E-state index contributed by atoms with van der Waals surface area (Å²) in [5.41, 5.74) is -3.90. The van der Waals surface area contributed by atoms with Gasteiger partial charge in [0, 0.05) is 5.69 Å². The van der Waals surface area contributed by atoms with Crippen LogP contribution in [0, 0.1) is 0 Å². The van der Waals surface area contributed by atoms with Crippen LogP contribution in [-0.2, 0) is 24.7 Å². The second kappa shape index (κ2) is 8.30. The third kappa shape index (κ3) is 5.67. The van der Waals surface area contributed by atoms with Crippen LogP contribution in [0.15, 0.2) is 52.3 Å². The number of carbonyl (C=O) groups excluding carboxylic acids is 1. The maximum absolute atomic E-state index is 12.8. The monoisotopic (exact) mass is 500 g/mol. The van der Waals surface area contributed by atoms with Gasteiger partial charge in [0.05, 0.1) is 26.8 Å². The van der Waals surface area contributed by atoms with Crippen molar-refractivity contribution in [1.82, 2.24) is 0 Å². The van der Waals surface area contributed by atoms with Gasteiger partial charge < -0.3 is 10.4 Å². The highest BCUT2D eigenvalue weighted by Gasteiger charge is 2.55. The third-order valence-electron chi connectivity index (χ3n) is 3.96. The van der Waals surface area contributed by atoms with E-state index in [-0.39, 0.29) is 33.1 Å². The Hall–Kier alpha value is -2.35. The average Bonchev–Trinajstić information content (AvgIpc) is 2.61. The van der Waals surface area contributed by atoms with Gasteiger partial charge in [0.1, 0.15) is 0 Å². The minimum absolute atomic E-state index is 0.134. The number of benzene rings is 2. The van der Waals surface area contributed by atoms with Gasteiger partial charge in [0.2, 0.25) is 25.5 Å². The van der Waals surface area contributed by atoms with Crippen LogP contribution in [-0.4, -0.2) is 45.9 Å². The first-order valence-electron chi connectivity index (χ1n) is 8.18. The van der Waals surface area contributed by atoms with Crippen LogP contribution in [0.3, 0.4) is 0 Å². The molecule has 31 heavy (non-hydrogen) atoms. The van der Waals surface area contributed by atoms with Gasteiger partial charge >= 0.3 is 6.18 Å². The average molecular weight is 501 g/mol. The Bertz CT molecular complexity index is 1210. The van der Waals surface area contributed by atoms with Crippen molar-refractivity contribution >= 4 is 48.7 Å². The standard InChI is InChI=1S/C17H16ClF3N2O6S2/c1-16(25,17(19,20)21)15(24)22-14-8-7-12(9-13(14)18)31(28,29)11-5-3-10(4-6-11)23-30(2,26)27/h3-9,23,25H,1-2H3,(H,22,24)/t16-/m1/s1. The zero-order valence-corrected chi connectivity index (χ0v) is 18.2. The van der Waals surface area contributed by atoms with Crippen LogP contribution in [0.2, 0.25) is 5.02 Å². The Balaban J connectivity index is 2.30. The number of anilines is 2. The van der Waals surface area contributed by atoms with Gasteiger partial charge in [-0.1, -0.05) is 11.6 Å². The van der Waals surface area contributed by atoms with E-state index in [0.717, 1.165) is 36.6 Å². The number of hydrogen-bond acceptors (Lipinski definition) is 6. The Morgan fingerprint density at radius 3 is 1.97 bits per heavy atom. The van der Waals surface area contributed by atoms with E-state index in [4.69, 9.17) is 11.6 Å². The van der Waals surface area contributed by atoms with Gasteiger partial charge in [-0.15, -0.1) is 0 Å². The van der Waals surface area contributed by atoms with Gasteiger partial charge in [-0.25, -0.2) is 16.8 Å². The van der Waals surface area contributed by atoms with E-state index in [1.807, 2.05) is 0 Å². The molecule has 0 saturated carbocycles. The summed E-state index contributed by atoms with van der Waals surface area (Å²) in [5, 5.41) is 10.8. The number of sulfone groups is 1. The number of halogens is 4. The summed E-state index contributed by atoms with van der Waals surface area (Å²) in [6.45, 7) is 0.261. The van der Waals surface area contributed by atoms with Gasteiger partial charge in [-0.3, -0.25) is 9.52 Å². The molecule has 0 heterocycles. The van der Waals surface area contributed by atoms with Crippen molar-refractivity contribution in [1.29, 1.82) is 0 Å². The molecule has 0 aromatic heterocycles. The quantitative estimate of drug-likeness (QED) is 0.559. The minimum Gasteiger partial charge on any atom is -0.373 e. The van der Waals surface area contributed by atoms with Crippen LogP contribution < -0.4 is 10.0 Å². The topological polar surface area (TPSA) is 130 Å². The molecule has 1 atom stereocenters. The predicted molar refractivity (Wildman–Crippen MR) is 107 cm³/mol. The van der Waals surface area contributed by atoms with Crippen LogP contribution >= 0.6 is 11.6 Å². The van der Waals surface area contributed by atoms with Crippen LogP contribution in [0.25, 0.3) is 0 Å². The predicted octanol–water partition coefficient (Wildman–Crippen LogP) is 2.80. The largest absolute Gasteiger partial charge is 0.426 e. The molecule has 8 nitrogen and oxygen atoms in total. The van der Waals surface area contributed by atoms with E-state index in [1.165, 1.54) is 12.1 Å². The van der Waals surface area contributed by atoms with E-state index in [9.17, 15) is 39.9 Å². The van der Waals surface area contributed by atoms with Crippen molar-refractivity contribution in [3.8, 4) is 0 Å². The molecule has 0 aliphatic heterocycles. The number of sulfonamides is 1. The lowest BCUT2D eigenvalue weighted by Crippen LogP contribution is -2.52. The summed E-state index contributed by atoms with van der Waals surface area (Å²) in [6, 6.07) is 7.63. The lowest BCUT2D eigenvalue weighted by atomic mass is 10.1. The molecule has 0 saturated heterocycles. The molecule has 0 aliphatic rings. The molecule has 3 N–H and O–H groups in total. The molecule has 2 aromatic carbocycles. The second-order valence-electron chi connectivity index (χ2n) is 6.57. The van der Waals surface area contributed by atoms with E-state index < -0.39 is 37.5 Å². The molecule has 0 aliphatic carbocycles. The van der Waals surface area contributed by atoms with Crippen LogP contribution in [0.5, 0.6) is 0 Å². The van der Waals surface area contributed by atoms with Gasteiger partial charge in [-0.2, -0.15) is 13.2 Å². The maximum atomic E-state index is 12.8. The van der Waals surface area contributed by atoms with E-state index in [0.29, 0.717) is 0 Å². The molecule has 14 heteroatoms. The number of alkyl halides is 3. The van der Waals surface area contributed by atoms with Crippen molar-refractivity contribution in [2.75, 3.05) is 16.3 Å². The van der Waals surface area contributed by atoms with Gasteiger partial charge in [0.25, 0.3) is 5.91 Å². The number of hydrogen-bond donors (Lipinski definition) is 3. The fourth-order valence-corrected chi connectivity index (χ4v) is 4.33. The lowest BCUT2D eigenvalue weighted by molar-refractivity contribution is -0.242.